The van der Waals surface area contributed by atoms with E-state index in [1.54, 1.807) is 36.4 Å². The fourth-order valence-electron chi connectivity index (χ4n) is 3.50. The van der Waals surface area contributed by atoms with Gasteiger partial charge in [-0.3, -0.25) is 4.79 Å². The van der Waals surface area contributed by atoms with Crippen LogP contribution >= 0.6 is 34.8 Å². The first-order valence-corrected chi connectivity index (χ1v) is 11.8. The molecule has 5 nitrogen and oxygen atoms in total. The van der Waals surface area contributed by atoms with Gasteiger partial charge in [-0.1, -0.05) is 65.1 Å². The summed E-state index contributed by atoms with van der Waals surface area (Å²) in [4.78, 5) is 15.1. The molecule has 0 saturated carbocycles. The smallest absolute Gasteiger partial charge is 0.307 e. The van der Waals surface area contributed by atoms with Gasteiger partial charge in [-0.05, 0) is 41.5 Å². The lowest BCUT2D eigenvalue weighted by atomic mass is 10.0. The average Bonchev–Trinajstić information content (AvgIpc) is 3.11. The molecule has 0 bridgehead atoms. The van der Waals surface area contributed by atoms with Gasteiger partial charge < -0.3 is 10.1 Å². The third-order valence-corrected chi connectivity index (χ3v) is 7.30. The van der Waals surface area contributed by atoms with Gasteiger partial charge in [0, 0.05) is 33.1 Å². The minimum Gasteiger partial charge on any atom is -0.481 e. The van der Waals surface area contributed by atoms with Crippen molar-refractivity contribution in [2.24, 2.45) is 0 Å². The van der Waals surface area contributed by atoms with E-state index in [4.69, 9.17) is 34.8 Å². The van der Waals surface area contributed by atoms with Crippen molar-refractivity contribution in [3.63, 3.8) is 0 Å². The number of para-hydroxylation sites is 1. The van der Waals surface area contributed by atoms with Crippen LogP contribution in [0.1, 0.15) is 11.1 Å². The first kappa shape index (κ1) is 22.8. The van der Waals surface area contributed by atoms with Crippen molar-refractivity contribution < 1.29 is 14.1 Å². The van der Waals surface area contributed by atoms with E-state index in [1.807, 2.05) is 24.3 Å². The predicted octanol–water partition coefficient (Wildman–Crippen LogP) is 6.23. The molecule has 4 aromatic rings. The highest BCUT2D eigenvalue weighted by molar-refractivity contribution is 7.83. The lowest BCUT2D eigenvalue weighted by molar-refractivity contribution is -0.136. The molecule has 1 unspecified atom stereocenters. The van der Waals surface area contributed by atoms with Crippen LogP contribution in [0.2, 0.25) is 15.1 Å². The van der Waals surface area contributed by atoms with E-state index >= 15 is 0 Å². The summed E-state index contributed by atoms with van der Waals surface area (Å²) < 4.78 is 15.9. The molecular formula is C23H17Cl3N2O3S. The van der Waals surface area contributed by atoms with E-state index in [0.717, 1.165) is 10.9 Å². The molecule has 32 heavy (non-hydrogen) atoms. The van der Waals surface area contributed by atoms with Crippen molar-refractivity contribution in [1.82, 2.24) is 9.71 Å². The summed E-state index contributed by atoms with van der Waals surface area (Å²) in [5, 5.41) is 11.5. The van der Waals surface area contributed by atoms with E-state index in [0.29, 0.717) is 42.3 Å². The maximum atomic E-state index is 13.0. The molecule has 1 heterocycles. The molecule has 3 N–H and O–H groups in total. The normalized spacial score (nSPS) is 12.2. The van der Waals surface area contributed by atoms with Crippen molar-refractivity contribution >= 4 is 62.7 Å². The SMILES string of the molecule is O=C(O)Cc1c(-c2ccc(Cl)c(S(=O)NCc3c(Cl)cccc3Cl)c2)[nH]c2ccccc12. The number of aromatic nitrogens is 1. The van der Waals surface area contributed by atoms with Crippen LogP contribution in [0.4, 0.5) is 0 Å². The molecule has 164 valence electrons. The first-order valence-electron chi connectivity index (χ1n) is 9.54. The topological polar surface area (TPSA) is 82.2 Å². The second-order valence-corrected chi connectivity index (χ2v) is 9.52. The molecule has 0 amide bonds. The third kappa shape index (κ3) is 4.70. The van der Waals surface area contributed by atoms with Gasteiger partial charge >= 0.3 is 5.97 Å². The van der Waals surface area contributed by atoms with Gasteiger partial charge in [-0.25, -0.2) is 8.93 Å². The van der Waals surface area contributed by atoms with E-state index < -0.39 is 17.0 Å². The quantitative estimate of drug-likeness (QED) is 0.277. The second kappa shape index (κ2) is 9.65. The van der Waals surface area contributed by atoms with E-state index in [-0.39, 0.29) is 13.0 Å². The molecule has 0 aliphatic heterocycles. The number of carbonyl (C=O) groups is 1. The zero-order valence-corrected chi connectivity index (χ0v) is 19.6. The number of hydrogen-bond donors (Lipinski definition) is 3. The van der Waals surface area contributed by atoms with Crippen LogP contribution in [-0.4, -0.2) is 20.3 Å². The molecule has 0 fully saturated rings. The van der Waals surface area contributed by atoms with Gasteiger partial charge in [-0.15, -0.1) is 0 Å². The van der Waals surface area contributed by atoms with Gasteiger partial charge in [0.15, 0.2) is 0 Å². The van der Waals surface area contributed by atoms with Crippen molar-refractivity contribution in [2.45, 2.75) is 17.9 Å². The van der Waals surface area contributed by atoms with Crippen LogP contribution in [0.3, 0.4) is 0 Å². The number of aliphatic carboxylic acids is 1. The van der Waals surface area contributed by atoms with Gasteiger partial charge in [0.1, 0.15) is 11.0 Å². The summed E-state index contributed by atoms with van der Waals surface area (Å²) >= 11 is 18.7. The van der Waals surface area contributed by atoms with Crippen molar-refractivity contribution in [2.75, 3.05) is 0 Å². The Kier molecular flexibility index (Phi) is 6.88. The zero-order valence-electron chi connectivity index (χ0n) is 16.5. The van der Waals surface area contributed by atoms with E-state index in [1.165, 1.54) is 0 Å². The number of H-pyrrole nitrogens is 1. The molecule has 0 aliphatic carbocycles. The van der Waals surface area contributed by atoms with Crippen LogP contribution < -0.4 is 4.72 Å². The minimum atomic E-state index is -1.66. The summed E-state index contributed by atoms with van der Waals surface area (Å²) in [6.07, 6.45) is -0.149. The summed E-state index contributed by atoms with van der Waals surface area (Å²) in [5.74, 6) is -0.938. The Labute approximate surface area is 201 Å². The number of benzene rings is 3. The number of rotatable bonds is 7. The fourth-order valence-corrected chi connectivity index (χ4v) is 5.27. The number of aromatic amines is 1. The monoisotopic (exact) mass is 506 g/mol. The standard InChI is InChI=1S/C23H17Cl3N2O3S/c24-17-5-3-6-18(25)16(17)12-27-32(31)21-10-13(8-9-19(21)26)23-15(11-22(29)30)14-4-1-2-7-20(14)28-23/h1-10,27-28H,11-12H2,(H,29,30). The number of fused-ring (bicyclic) bond motifs is 1. The molecule has 0 radical (unpaired) electrons. The van der Waals surface area contributed by atoms with Crippen LogP contribution in [0.25, 0.3) is 22.2 Å². The Bertz CT molecular complexity index is 1330. The first-order chi connectivity index (χ1) is 15.3. The predicted molar refractivity (Wildman–Crippen MR) is 130 cm³/mol. The van der Waals surface area contributed by atoms with Crippen molar-refractivity contribution in [1.29, 1.82) is 0 Å². The van der Waals surface area contributed by atoms with Crippen LogP contribution in [0.5, 0.6) is 0 Å². The maximum Gasteiger partial charge on any atom is 0.307 e. The highest BCUT2D eigenvalue weighted by atomic mass is 35.5. The summed E-state index contributed by atoms with van der Waals surface area (Å²) in [6.45, 7) is 0.183. The van der Waals surface area contributed by atoms with E-state index in [9.17, 15) is 14.1 Å². The van der Waals surface area contributed by atoms with Gasteiger partial charge in [0.05, 0.1) is 22.0 Å². The molecule has 4 rings (SSSR count). The minimum absolute atomic E-state index is 0.149. The van der Waals surface area contributed by atoms with E-state index in [2.05, 4.69) is 9.71 Å². The number of nitrogens with one attached hydrogen (secondary N) is 2. The van der Waals surface area contributed by atoms with Gasteiger partial charge in [-0.2, -0.15) is 0 Å². The van der Waals surface area contributed by atoms with Gasteiger partial charge in [0.25, 0.3) is 0 Å². The molecule has 0 saturated heterocycles. The summed E-state index contributed by atoms with van der Waals surface area (Å²) in [6, 6.07) is 17.7. The molecule has 0 spiro atoms. The van der Waals surface area contributed by atoms with Crippen molar-refractivity contribution in [3.8, 4) is 11.3 Å². The second-order valence-electron chi connectivity index (χ2n) is 7.03. The zero-order chi connectivity index (χ0) is 22.8. The van der Waals surface area contributed by atoms with Gasteiger partial charge in [0.2, 0.25) is 0 Å². The lowest BCUT2D eigenvalue weighted by Gasteiger charge is -2.11. The maximum absolute atomic E-state index is 13.0. The molecule has 1 atom stereocenters. The number of hydrogen-bond acceptors (Lipinski definition) is 2. The average molecular weight is 508 g/mol. The molecular weight excluding hydrogens is 491 g/mol. The highest BCUT2D eigenvalue weighted by Crippen LogP contribution is 2.33. The third-order valence-electron chi connectivity index (χ3n) is 5.00. The number of carboxylic acids is 1. The fraction of sp³-hybridized carbons (Fsp3) is 0.0870. The summed E-state index contributed by atoms with van der Waals surface area (Å²) in [7, 11) is -1.66. The van der Waals surface area contributed by atoms with Crippen LogP contribution in [0, 0.1) is 0 Å². The van der Waals surface area contributed by atoms with Crippen molar-refractivity contribution in [3.05, 3.63) is 86.9 Å². The molecule has 0 aliphatic rings. The Morgan fingerprint density at radius 2 is 1.66 bits per heavy atom. The number of carboxylic acid groups (broad SMARTS) is 1. The molecule has 3 aromatic carbocycles. The number of halogens is 3. The lowest BCUT2D eigenvalue weighted by Crippen LogP contribution is -2.17. The largest absolute Gasteiger partial charge is 0.481 e. The van der Waals surface area contributed by atoms with Crippen LogP contribution in [-0.2, 0) is 28.7 Å². The highest BCUT2D eigenvalue weighted by Gasteiger charge is 2.18. The molecule has 9 heteroatoms. The Morgan fingerprint density at radius 1 is 0.938 bits per heavy atom. The Balaban J connectivity index is 1.69. The van der Waals surface area contributed by atoms with Crippen LogP contribution in [0.15, 0.2) is 65.6 Å². The summed E-state index contributed by atoms with van der Waals surface area (Å²) in [5.41, 5.74) is 3.45. The molecule has 1 aromatic heterocycles. The Morgan fingerprint density at radius 3 is 2.38 bits per heavy atom. The Hall–Kier alpha value is -2.35.